The summed E-state index contributed by atoms with van der Waals surface area (Å²) in [5.74, 6) is 0.512. The molecule has 6 nitrogen and oxygen atoms in total. The Bertz CT molecular complexity index is 559. The van der Waals surface area contributed by atoms with Crippen LogP contribution in [-0.2, 0) is 6.54 Å². The summed E-state index contributed by atoms with van der Waals surface area (Å²) in [5.41, 5.74) is 0.658. The van der Waals surface area contributed by atoms with E-state index >= 15 is 0 Å². The fourth-order valence-corrected chi connectivity index (χ4v) is 1.54. The Balaban J connectivity index is 2.10. The summed E-state index contributed by atoms with van der Waals surface area (Å²) in [7, 11) is 0. The average molecular weight is 265 g/mol. The molecule has 2 aromatic rings. The zero-order chi connectivity index (χ0) is 13.0. The molecule has 0 fully saturated rings. The van der Waals surface area contributed by atoms with Gasteiger partial charge in [-0.1, -0.05) is 29.8 Å². The monoisotopic (exact) mass is 264 g/mol. The lowest BCUT2D eigenvalue weighted by Crippen LogP contribution is -2.04. The molecule has 0 aliphatic carbocycles. The smallest absolute Gasteiger partial charge is 0.274 e. The molecule has 1 heterocycles. The zero-order valence-electron chi connectivity index (χ0n) is 9.21. The van der Waals surface area contributed by atoms with Crippen LogP contribution in [0.15, 0.2) is 36.4 Å². The highest BCUT2D eigenvalue weighted by Crippen LogP contribution is 2.18. The number of para-hydroxylation sites is 1. The first-order valence-corrected chi connectivity index (χ1v) is 5.50. The quantitative estimate of drug-likeness (QED) is 0.678. The van der Waals surface area contributed by atoms with Gasteiger partial charge in [-0.3, -0.25) is 10.1 Å². The highest BCUT2D eigenvalue weighted by atomic mass is 35.5. The first-order valence-electron chi connectivity index (χ1n) is 5.12. The van der Waals surface area contributed by atoms with Crippen LogP contribution in [0.2, 0.25) is 5.15 Å². The highest BCUT2D eigenvalue weighted by molar-refractivity contribution is 6.29. The van der Waals surface area contributed by atoms with Crippen LogP contribution >= 0.6 is 11.6 Å². The molecule has 0 bridgehead atoms. The number of hydrogen-bond donors (Lipinski definition) is 1. The molecule has 7 heteroatoms. The molecule has 1 aromatic carbocycles. The fourth-order valence-electron chi connectivity index (χ4n) is 1.43. The van der Waals surface area contributed by atoms with Gasteiger partial charge < -0.3 is 5.32 Å². The SMILES string of the molecule is O=[N+]([O-])c1ccccc1CNc1ccc(Cl)nn1. The van der Waals surface area contributed by atoms with Crippen molar-refractivity contribution in [1.29, 1.82) is 0 Å². The Labute approximate surface area is 108 Å². The Kier molecular flexibility index (Phi) is 3.69. The van der Waals surface area contributed by atoms with E-state index in [1.807, 2.05) is 0 Å². The number of nitrogens with one attached hydrogen (secondary N) is 1. The third kappa shape index (κ3) is 2.92. The molecule has 0 aliphatic heterocycles. The Hall–Kier alpha value is -2.21. The van der Waals surface area contributed by atoms with Crippen LogP contribution in [0.5, 0.6) is 0 Å². The number of aromatic nitrogens is 2. The summed E-state index contributed by atoms with van der Waals surface area (Å²) in [6, 6.07) is 9.78. The maximum absolute atomic E-state index is 10.8. The van der Waals surface area contributed by atoms with Gasteiger partial charge in [0, 0.05) is 18.2 Å². The summed E-state index contributed by atoms with van der Waals surface area (Å²) in [6.45, 7) is 0.299. The second-order valence-corrected chi connectivity index (χ2v) is 3.87. The molecule has 0 radical (unpaired) electrons. The molecule has 1 N–H and O–H groups in total. The number of anilines is 1. The van der Waals surface area contributed by atoms with Crippen molar-refractivity contribution >= 4 is 23.1 Å². The van der Waals surface area contributed by atoms with Crippen molar-refractivity contribution in [1.82, 2.24) is 10.2 Å². The van der Waals surface area contributed by atoms with Crippen LogP contribution in [0.25, 0.3) is 0 Å². The predicted molar refractivity (Wildman–Crippen MR) is 67.5 cm³/mol. The Morgan fingerprint density at radius 1 is 1.22 bits per heavy atom. The standard InChI is InChI=1S/C11H9ClN4O2/c12-10-5-6-11(15-14-10)13-7-8-3-1-2-4-9(8)16(17)18/h1-6H,7H2,(H,13,15). The van der Waals surface area contributed by atoms with E-state index in [9.17, 15) is 10.1 Å². The molecular formula is C11H9ClN4O2. The number of benzene rings is 1. The normalized spacial score (nSPS) is 10.1. The van der Waals surface area contributed by atoms with Gasteiger partial charge in [0.05, 0.1) is 4.92 Å². The van der Waals surface area contributed by atoms with Gasteiger partial charge in [-0.15, -0.1) is 10.2 Å². The summed E-state index contributed by atoms with van der Waals surface area (Å²) in [6.07, 6.45) is 0. The van der Waals surface area contributed by atoms with Crippen LogP contribution in [0.1, 0.15) is 5.56 Å². The topological polar surface area (TPSA) is 81.0 Å². The van der Waals surface area contributed by atoms with Gasteiger partial charge >= 0.3 is 0 Å². The van der Waals surface area contributed by atoms with Gasteiger partial charge in [-0.2, -0.15) is 0 Å². The predicted octanol–water partition coefficient (Wildman–Crippen LogP) is 2.65. The summed E-state index contributed by atoms with van der Waals surface area (Å²) < 4.78 is 0. The number of nitro benzene ring substituents is 1. The van der Waals surface area contributed by atoms with E-state index < -0.39 is 4.92 Å². The van der Waals surface area contributed by atoms with E-state index in [4.69, 9.17) is 11.6 Å². The van der Waals surface area contributed by atoms with Gasteiger partial charge in [-0.05, 0) is 12.1 Å². The first kappa shape index (κ1) is 12.3. The lowest BCUT2D eigenvalue weighted by molar-refractivity contribution is -0.385. The molecule has 92 valence electrons. The molecule has 0 aliphatic rings. The lowest BCUT2D eigenvalue weighted by atomic mass is 10.2. The van der Waals surface area contributed by atoms with Crippen LogP contribution in [0.4, 0.5) is 11.5 Å². The zero-order valence-corrected chi connectivity index (χ0v) is 9.96. The van der Waals surface area contributed by atoms with E-state index in [2.05, 4.69) is 15.5 Å². The number of rotatable bonds is 4. The number of hydrogen-bond acceptors (Lipinski definition) is 5. The second kappa shape index (κ2) is 5.42. The highest BCUT2D eigenvalue weighted by Gasteiger charge is 2.11. The minimum Gasteiger partial charge on any atom is -0.364 e. The van der Waals surface area contributed by atoms with Crippen molar-refractivity contribution in [3.05, 3.63) is 57.2 Å². The molecule has 1 aromatic heterocycles. The van der Waals surface area contributed by atoms with Crippen molar-refractivity contribution in [3.8, 4) is 0 Å². The van der Waals surface area contributed by atoms with E-state index in [1.165, 1.54) is 6.07 Å². The lowest BCUT2D eigenvalue weighted by Gasteiger charge is -2.05. The fraction of sp³-hybridized carbons (Fsp3) is 0.0909. The summed E-state index contributed by atoms with van der Waals surface area (Å²) in [4.78, 5) is 10.4. The van der Waals surface area contributed by atoms with Crippen molar-refractivity contribution in [3.63, 3.8) is 0 Å². The number of nitro groups is 1. The molecule has 0 spiro atoms. The van der Waals surface area contributed by atoms with Crippen LogP contribution in [-0.4, -0.2) is 15.1 Å². The molecule has 2 rings (SSSR count). The third-order valence-electron chi connectivity index (χ3n) is 2.28. The van der Waals surface area contributed by atoms with Crippen molar-refractivity contribution in [2.75, 3.05) is 5.32 Å². The summed E-state index contributed by atoms with van der Waals surface area (Å²) in [5, 5.41) is 21.5. The maximum Gasteiger partial charge on any atom is 0.274 e. The van der Waals surface area contributed by atoms with Crippen LogP contribution in [0.3, 0.4) is 0 Å². The molecule has 0 amide bonds. The largest absolute Gasteiger partial charge is 0.364 e. The minimum atomic E-state index is -0.412. The van der Waals surface area contributed by atoms with Crippen molar-refractivity contribution < 1.29 is 4.92 Å². The van der Waals surface area contributed by atoms with E-state index in [1.54, 1.807) is 30.3 Å². The van der Waals surface area contributed by atoms with E-state index in [-0.39, 0.29) is 5.69 Å². The van der Waals surface area contributed by atoms with Crippen LogP contribution in [0, 0.1) is 10.1 Å². The van der Waals surface area contributed by atoms with E-state index in [0.29, 0.717) is 23.1 Å². The van der Waals surface area contributed by atoms with Crippen molar-refractivity contribution in [2.24, 2.45) is 0 Å². The Morgan fingerprint density at radius 2 is 2.00 bits per heavy atom. The molecule has 0 atom stereocenters. The van der Waals surface area contributed by atoms with Gasteiger partial charge in [0.15, 0.2) is 5.15 Å². The van der Waals surface area contributed by atoms with Gasteiger partial charge in [-0.25, -0.2) is 0 Å². The first-order chi connectivity index (χ1) is 8.66. The summed E-state index contributed by atoms with van der Waals surface area (Å²) >= 11 is 5.60. The van der Waals surface area contributed by atoms with Gasteiger partial charge in [0.1, 0.15) is 5.82 Å². The van der Waals surface area contributed by atoms with E-state index in [0.717, 1.165) is 0 Å². The maximum atomic E-state index is 10.8. The molecule has 0 saturated heterocycles. The third-order valence-corrected chi connectivity index (χ3v) is 2.48. The Morgan fingerprint density at radius 3 is 2.67 bits per heavy atom. The van der Waals surface area contributed by atoms with Gasteiger partial charge in [0.2, 0.25) is 0 Å². The number of halogens is 1. The average Bonchev–Trinajstić information content (AvgIpc) is 2.38. The second-order valence-electron chi connectivity index (χ2n) is 3.48. The van der Waals surface area contributed by atoms with Crippen LogP contribution < -0.4 is 5.32 Å². The molecular weight excluding hydrogens is 256 g/mol. The van der Waals surface area contributed by atoms with Crippen molar-refractivity contribution in [2.45, 2.75) is 6.54 Å². The van der Waals surface area contributed by atoms with Gasteiger partial charge in [0.25, 0.3) is 5.69 Å². The minimum absolute atomic E-state index is 0.0759. The molecule has 0 saturated carbocycles. The molecule has 0 unspecified atom stereocenters. The number of nitrogens with zero attached hydrogens (tertiary/aromatic N) is 3. The molecule has 18 heavy (non-hydrogen) atoms.